The number of rotatable bonds is 9. The number of benzene rings is 2. The lowest BCUT2D eigenvalue weighted by Crippen LogP contribution is -2.15. The van der Waals surface area contributed by atoms with E-state index in [9.17, 15) is 9.59 Å². The third-order valence-electron chi connectivity index (χ3n) is 4.55. The van der Waals surface area contributed by atoms with Gasteiger partial charge in [0.05, 0.1) is 18.6 Å². The van der Waals surface area contributed by atoms with Crippen LogP contribution in [-0.2, 0) is 16.1 Å². The summed E-state index contributed by atoms with van der Waals surface area (Å²) < 4.78 is 7.20. The molecule has 168 valence electrons. The molecule has 2 amide bonds. The molecule has 1 heterocycles. The quantitative estimate of drug-likeness (QED) is 0.437. The number of halogens is 1. The Balaban J connectivity index is 1.68. The Labute approximate surface area is 195 Å². The van der Waals surface area contributed by atoms with E-state index in [4.69, 9.17) is 16.3 Å². The predicted octanol–water partition coefficient (Wildman–Crippen LogP) is 4.71. The van der Waals surface area contributed by atoms with Gasteiger partial charge in [-0.15, -0.1) is 10.2 Å². The molecule has 3 aromatic rings. The molecule has 8 nitrogen and oxygen atoms in total. The molecule has 3 rings (SSSR count). The van der Waals surface area contributed by atoms with E-state index >= 15 is 0 Å². The Bertz CT molecular complexity index is 1100. The predicted molar refractivity (Wildman–Crippen MR) is 127 cm³/mol. The second kappa shape index (κ2) is 11.0. The smallest absolute Gasteiger partial charge is 0.234 e. The molecule has 0 radical (unpaired) electrons. The third-order valence-corrected chi connectivity index (χ3v) is 5.75. The largest absolute Gasteiger partial charge is 0.495 e. The van der Waals surface area contributed by atoms with Crippen molar-refractivity contribution in [1.82, 2.24) is 14.8 Å². The summed E-state index contributed by atoms with van der Waals surface area (Å²) in [6.07, 6.45) is 0.421. The second-order valence-electron chi connectivity index (χ2n) is 6.71. The van der Waals surface area contributed by atoms with Gasteiger partial charge in [0.15, 0.2) is 11.0 Å². The number of nitrogens with one attached hydrogen (secondary N) is 2. The number of aromatic nitrogens is 3. The Morgan fingerprint density at radius 1 is 1.06 bits per heavy atom. The molecule has 0 saturated heterocycles. The van der Waals surface area contributed by atoms with E-state index in [1.807, 2.05) is 35.8 Å². The van der Waals surface area contributed by atoms with E-state index in [0.717, 1.165) is 11.3 Å². The first-order valence-corrected chi connectivity index (χ1v) is 11.4. The fraction of sp³-hybridized carbons (Fsp3) is 0.273. The van der Waals surface area contributed by atoms with Crippen molar-refractivity contribution in [2.24, 2.45) is 0 Å². The molecule has 2 N–H and O–H groups in total. The van der Waals surface area contributed by atoms with E-state index in [1.54, 1.807) is 25.1 Å². The minimum Gasteiger partial charge on any atom is -0.495 e. The van der Waals surface area contributed by atoms with E-state index < -0.39 is 0 Å². The number of anilines is 2. The molecular formula is C22H24ClN5O3S. The number of hydrogen-bond acceptors (Lipinski definition) is 6. The first-order chi connectivity index (χ1) is 15.4. The van der Waals surface area contributed by atoms with Crippen LogP contribution in [0.1, 0.15) is 20.3 Å². The zero-order valence-electron chi connectivity index (χ0n) is 18.0. The van der Waals surface area contributed by atoms with Crippen molar-refractivity contribution < 1.29 is 14.3 Å². The number of amides is 2. The standard InChI is InChI=1S/C22H24ClN5O3S/c1-4-19(29)24-16-9-6-14(7-10-16)21-26-27-22(28(21)5-2)32-13-20(30)25-17-12-15(23)8-11-18(17)31-3/h6-12H,4-5,13H2,1-3H3,(H,24,29)(H,25,30). The van der Waals surface area contributed by atoms with Crippen molar-refractivity contribution in [3.8, 4) is 17.1 Å². The van der Waals surface area contributed by atoms with Crippen LogP contribution in [-0.4, -0.2) is 39.4 Å². The van der Waals surface area contributed by atoms with E-state index in [0.29, 0.717) is 40.4 Å². The topological polar surface area (TPSA) is 98.1 Å². The van der Waals surface area contributed by atoms with Crippen molar-refractivity contribution >= 4 is 46.6 Å². The normalized spacial score (nSPS) is 10.6. The number of ether oxygens (including phenoxy) is 1. The highest BCUT2D eigenvalue weighted by Gasteiger charge is 2.16. The Morgan fingerprint density at radius 2 is 1.81 bits per heavy atom. The Hall–Kier alpha value is -3.04. The van der Waals surface area contributed by atoms with Crippen molar-refractivity contribution in [1.29, 1.82) is 0 Å². The Morgan fingerprint density at radius 3 is 2.47 bits per heavy atom. The zero-order chi connectivity index (χ0) is 23.1. The first kappa shape index (κ1) is 23.6. The lowest BCUT2D eigenvalue weighted by atomic mass is 10.2. The van der Waals surface area contributed by atoms with Crippen LogP contribution in [0.5, 0.6) is 5.75 Å². The highest BCUT2D eigenvalue weighted by molar-refractivity contribution is 7.99. The maximum atomic E-state index is 12.5. The molecule has 2 aromatic carbocycles. The van der Waals surface area contributed by atoms with Gasteiger partial charge in [0.1, 0.15) is 5.75 Å². The first-order valence-electron chi connectivity index (χ1n) is 10.0. The fourth-order valence-electron chi connectivity index (χ4n) is 2.94. The number of hydrogen-bond donors (Lipinski definition) is 2. The molecule has 0 saturated carbocycles. The molecule has 0 aliphatic rings. The van der Waals surface area contributed by atoms with Crippen LogP contribution in [0.25, 0.3) is 11.4 Å². The highest BCUT2D eigenvalue weighted by Crippen LogP contribution is 2.29. The second-order valence-corrected chi connectivity index (χ2v) is 8.09. The molecule has 0 unspecified atom stereocenters. The van der Waals surface area contributed by atoms with Gasteiger partial charge >= 0.3 is 0 Å². The molecule has 0 atom stereocenters. The van der Waals surface area contributed by atoms with Crippen LogP contribution in [0, 0.1) is 0 Å². The van der Waals surface area contributed by atoms with Crippen molar-refractivity contribution in [3.63, 3.8) is 0 Å². The summed E-state index contributed by atoms with van der Waals surface area (Å²) in [4.78, 5) is 24.0. The molecular weight excluding hydrogens is 450 g/mol. The van der Waals surface area contributed by atoms with Crippen molar-refractivity contribution in [3.05, 3.63) is 47.5 Å². The lowest BCUT2D eigenvalue weighted by Gasteiger charge is -2.11. The molecule has 0 spiro atoms. The van der Waals surface area contributed by atoms with Crippen molar-refractivity contribution in [2.45, 2.75) is 32.0 Å². The average Bonchev–Trinajstić information content (AvgIpc) is 3.21. The SMILES string of the molecule is CCC(=O)Nc1ccc(-c2nnc(SCC(=O)Nc3cc(Cl)ccc3OC)n2CC)cc1. The van der Waals surface area contributed by atoms with E-state index in [2.05, 4.69) is 20.8 Å². The monoisotopic (exact) mass is 473 g/mol. The number of carbonyl (C=O) groups excluding carboxylic acids is 2. The maximum Gasteiger partial charge on any atom is 0.234 e. The number of carbonyl (C=O) groups is 2. The van der Waals surface area contributed by atoms with Crippen molar-refractivity contribution in [2.75, 3.05) is 23.5 Å². The van der Waals surface area contributed by atoms with Crippen LogP contribution in [0.3, 0.4) is 0 Å². The molecule has 32 heavy (non-hydrogen) atoms. The zero-order valence-corrected chi connectivity index (χ0v) is 19.6. The van der Waals surface area contributed by atoms with Crippen LogP contribution < -0.4 is 15.4 Å². The third kappa shape index (κ3) is 5.80. The summed E-state index contributed by atoms with van der Waals surface area (Å²) in [6, 6.07) is 12.5. The van der Waals surface area contributed by atoms with Gasteiger partial charge in [0.25, 0.3) is 0 Å². The summed E-state index contributed by atoms with van der Waals surface area (Å²) in [5.41, 5.74) is 2.11. The summed E-state index contributed by atoms with van der Waals surface area (Å²) in [6.45, 7) is 4.44. The van der Waals surface area contributed by atoms with Crippen LogP contribution in [0.2, 0.25) is 5.02 Å². The van der Waals surface area contributed by atoms with Gasteiger partial charge in [-0.25, -0.2) is 0 Å². The average molecular weight is 474 g/mol. The number of nitrogens with zero attached hydrogens (tertiary/aromatic N) is 3. The highest BCUT2D eigenvalue weighted by atomic mass is 35.5. The lowest BCUT2D eigenvalue weighted by molar-refractivity contribution is -0.116. The van der Waals surface area contributed by atoms with Gasteiger partial charge in [-0.2, -0.15) is 0 Å². The molecule has 0 fully saturated rings. The van der Waals surface area contributed by atoms with E-state index in [1.165, 1.54) is 18.9 Å². The number of thioether (sulfide) groups is 1. The molecule has 0 aliphatic carbocycles. The van der Waals surface area contributed by atoms with Crippen LogP contribution in [0.15, 0.2) is 47.6 Å². The van der Waals surface area contributed by atoms with Gasteiger partial charge < -0.3 is 19.9 Å². The minimum atomic E-state index is -0.209. The summed E-state index contributed by atoms with van der Waals surface area (Å²) >= 11 is 7.31. The molecule has 0 aliphatic heterocycles. The van der Waals surface area contributed by atoms with Crippen LogP contribution >= 0.6 is 23.4 Å². The van der Waals surface area contributed by atoms with Gasteiger partial charge in [0, 0.05) is 29.2 Å². The Kier molecular flexibility index (Phi) is 8.13. The van der Waals surface area contributed by atoms with Crippen LogP contribution in [0.4, 0.5) is 11.4 Å². The van der Waals surface area contributed by atoms with Gasteiger partial charge in [-0.05, 0) is 49.4 Å². The molecule has 0 bridgehead atoms. The number of methoxy groups -OCH3 is 1. The van der Waals surface area contributed by atoms with Gasteiger partial charge in [-0.1, -0.05) is 30.3 Å². The summed E-state index contributed by atoms with van der Waals surface area (Å²) in [7, 11) is 1.53. The van der Waals surface area contributed by atoms with Gasteiger partial charge in [0.2, 0.25) is 11.8 Å². The minimum absolute atomic E-state index is 0.0400. The van der Waals surface area contributed by atoms with E-state index in [-0.39, 0.29) is 17.6 Å². The summed E-state index contributed by atoms with van der Waals surface area (Å²) in [5.74, 6) is 1.13. The fourth-order valence-corrected chi connectivity index (χ4v) is 3.91. The summed E-state index contributed by atoms with van der Waals surface area (Å²) in [5, 5.41) is 15.3. The maximum absolute atomic E-state index is 12.5. The van der Waals surface area contributed by atoms with Gasteiger partial charge in [-0.3, -0.25) is 9.59 Å². The molecule has 10 heteroatoms. The molecule has 1 aromatic heterocycles.